The summed E-state index contributed by atoms with van der Waals surface area (Å²) in [5.41, 5.74) is 0. The van der Waals surface area contributed by atoms with Gasteiger partial charge in [0.05, 0.1) is 0 Å². The van der Waals surface area contributed by atoms with E-state index in [1.54, 1.807) is 0 Å². The van der Waals surface area contributed by atoms with E-state index < -0.39 is 0 Å². The van der Waals surface area contributed by atoms with Crippen LogP contribution in [0.5, 0.6) is 0 Å². The molecular weight excluding hydrogens is 192 g/mol. The summed E-state index contributed by atoms with van der Waals surface area (Å²) in [5, 5.41) is 0. The van der Waals surface area contributed by atoms with E-state index in [-0.39, 0.29) is 0 Å². The maximum atomic E-state index is 3.72. The summed E-state index contributed by atoms with van der Waals surface area (Å²) in [4.78, 5) is 0. The molecule has 0 aromatic heterocycles. The second-order valence-electron chi connectivity index (χ2n) is 4.13. The third-order valence-corrected chi connectivity index (χ3v) is 2.55. The van der Waals surface area contributed by atoms with Gasteiger partial charge in [-0.2, -0.15) is 0 Å². The fourth-order valence-electron chi connectivity index (χ4n) is 1.53. The highest BCUT2D eigenvalue weighted by atomic mass is 13.9. The molecule has 0 nitrogen and oxygen atoms in total. The highest BCUT2D eigenvalue weighted by molar-refractivity contribution is 4.98. The van der Waals surface area contributed by atoms with Crippen molar-refractivity contribution in [1.82, 2.24) is 0 Å². The van der Waals surface area contributed by atoms with Gasteiger partial charge in [-0.05, 0) is 38.5 Å². The fourth-order valence-corrected chi connectivity index (χ4v) is 1.53. The predicted molar refractivity (Wildman–Crippen MR) is 74.3 cm³/mol. The Morgan fingerprint density at radius 1 is 0.625 bits per heavy atom. The second-order valence-corrected chi connectivity index (χ2v) is 4.13. The number of hydrogen-bond donors (Lipinski definition) is 0. The van der Waals surface area contributed by atoms with Gasteiger partial charge in [-0.15, -0.1) is 25.0 Å². The van der Waals surface area contributed by atoms with Crippen molar-refractivity contribution < 1.29 is 0 Å². The molecule has 0 unspecified atom stereocenters. The van der Waals surface area contributed by atoms with E-state index in [0.717, 1.165) is 25.7 Å². The Bertz CT molecular complexity index is 192. The van der Waals surface area contributed by atoms with Gasteiger partial charge < -0.3 is 0 Å². The Kier molecular flexibility index (Phi) is 13.2. The van der Waals surface area contributed by atoms with Gasteiger partial charge in [0.2, 0.25) is 0 Å². The van der Waals surface area contributed by atoms with Crippen molar-refractivity contribution >= 4 is 0 Å². The molecule has 0 rings (SSSR count). The molecule has 0 N–H and O–H groups in total. The number of allylic oxidation sites excluding steroid dienone is 2. The van der Waals surface area contributed by atoms with E-state index in [9.17, 15) is 0 Å². The van der Waals surface area contributed by atoms with Crippen molar-refractivity contribution in [2.45, 2.75) is 64.2 Å². The van der Waals surface area contributed by atoms with Gasteiger partial charge in [0.25, 0.3) is 0 Å². The van der Waals surface area contributed by atoms with Crippen LogP contribution in [0.15, 0.2) is 25.3 Å². The molecule has 0 aromatic carbocycles. The van der Waals surface area contributed by atoms with Crippen LogP contribution in [0.1, 0.15) is 64.2 Å². The van der Waals surface area contributed by atoms with Crippen LogP contribution in [-0.2, 0) is 0 Å². The van der Waals surface area contributed by atoms with Crippen molar-refractivity contribution in [3.8, 4) is 11.8 Å². The first-order valence-electron chi connectivity index (χ1n) is 6.59. The SMILES string of the molecule is C=CCCCCCC#CCCCCCC=C. The van der Waals surface area contributed by atoms with Crippen molar-refractivity contribution in [2.24, 2.45) is 0 Å². The van der Waals surface area contributed by atoms with Crippen LogP contribution in [0.3, 0.4) is 0 Å². The molecule has 0 saturated heterocycles. The van der Waals surface area contributed by atoms with E-state index in [0.29, 0.717) is 0 Å². The van der Waals surface area contributed by atoms with Gasteiger partial charge in [-0.25, -0.2) is 0 Å². The van der Waals surface area contributed by atoms with E-state index in [4.69, 9.17) is 0 Å². The smallest absolute Gasteiger partial charge is 0.00886 e. The number of unbranched alkanes of at least 4 members (excludes halogenated alkanes) is 8. The zero-order valence-corrected chi connectivity index (χ0v) is 10.6. The van der Waals surface area contributed by atoms with Crippen LogP contribution in [0.2, 0.25) is 0 Å². The standard InChI is InChI=1S/C16H26/c1-3-5-7-9-11-13-15-16-14-12-10-8-6-4-2/h3-4H,1-2,5-14H2. The molecule has 0 bridgehead atoms. The summed E-state index contributed by atoms with van der Waals surface area (Å²) in [6, 6.07) is 0. The fraction of sp³-hybridized carbons (Fsp3) is 0.625. The summed E-state index contributed by atoms with van der Waals surface area (Å²) in [5.74, 6) is 6.51. The molecule has 0 aliphatic rings. The lowest BCUT2D eigenvalue weighted by molar-refractivity contribution is 0.696. The average Bonchev–Trinajstić information content (AvgIpc) is 2.31. The summed E-state index contributed by atoms with van der Waals surface area (Å²) in [6.07, 6.45) is 16.1. The molecule has 0 saturated carbocycles. The topological polar surface area (TPSA) is 0 Å². The number of rotatable bonds is 10. The van der Waals surface area contributed by atoms with Gasteiger partial charge in [-0.3, -0.25) is 0 Å². The molecule has 0 aliphatic heterocycles. The van der Waals surface area contributed by atoms with Crippen LogP contribution in [0.4, 0.5) is 0 Å². The largest absolute Gasteiger partial charge is 0.103 e. The van der Waals surface area contributed by atoms with E-state index in [1.165, 1.54) is 38.5 Å². The third kappa shape index (κ3) is 13.0. The first kappa shape index (κ1) is 15.0. The average molecular weight is 218 g/mol. The molecular formula is C16H26. The Morgan fingerprint density at radius 3 is 1.44 bits per heavy atom. The van der Waals surface area contributed by atoms with Crippen molar-refractivity contribution in [1.29, 1.82) is 0 Å². The zero-order chi connectivity index (χ0) is 11.9. The monoisotopic (exact) mass is 218 g/mol. The van der Waals surface area contributed by atoms with Crippen LogP contribution in [0.25, 0.3) is 0 Å². The third-order valence-electron chi connectivity index (χ3n) is 2.55. The van der Waals surface area contributed by atoms with Gasteiger partial charge in [0, 0.05) is 12.8 Å². The normalized spacial score (nSPS) is 9.25. The van der Waals surface area contributed by atoms with Crippen LogP contribution in [0, 0.1) is 11.8 Å². The molecule has 0 aromatic rings. The first-order chi connectivity index (χ1) is 7.91. The van der Waals surface area contributed by atoms with Crippen molar-refractivity contribution in [3.05, 3.63) is 25.3 Å². The Balaban J connectivity index is 3.09. The molecule has 0 spiro atoms. The van der Waals surface area contributed by atoms with Gasteiger partial charge in [0.1, 0.15) is 0 Å². The summed E-state index contributed by atoms with van der Waals surface area (Å²) < 4.78 is 0. The first-order valence-corrected chi connectivity index (χ1v) is 6.59. The minimum atomic E-state index is 1.07. The van der Waals surface area contributed by atoms with Gasteiger partial charge in [-0.1, -0.05) is 25.0 Å². The lowest BCUT2D eigenvalue weighted by Crippen LogP contribution is -1.76. The maximum Gasteiger partial charge on any atom is 0.00886 e. The maximum absolute atomic E-state index is 3.72. The highest BCUT2D eigenvalue weighted by Crippen LogP contribution is 2.04. The molecule has 0 atom stereocenters. The van der Waals surface area contributed by atoms with Crippen molar-refractivity contribution in [3.63, 3.8) is 0 Å². The molecule has 0 aliphatic carbocycles. The van der Waals surface area contributed by atoms with E-state index in [1.807, 2.05) is 12.2 Å². The Morgan fingerprint density at radius 2 is 1.06 bits per heavy atom. The minimum Gasteiger partial charge on any atom is -0.103 e. The van der Waals surface area contributed by atoms with E-state index in [2.05, 4.69) is 25.0 Å². The summed E-state index contributed by atoms with van der Waals surface area (Å²) >= 11 is 0. The minimum absolute atomic E-state index is 1.07. The van der Waals surface area contributed by atoms with E-state index >= 15 is 0 Å². The van der Waals surface area contributed by atoms with Crippen LogP contribution in [-0.4, -0.2) is 0 Å². The predicted octanol–water partition coefficient (Wildman–Crippen LogP) is 5.26. The zero-order valence-electron chi connectivity index (χ0n) is 10.6. The second kappa shape index (κ2) is 14.0. The van der Waals surface area contributed by atoms with Gasteiger partial charge in [0.15, 0.2) is 0 Å². The van der Waals surface area contributed by atoms with Gasteiger partial charge >= 0.3 is 0 Å². The summed E-state index contributed by atoms with van der Waals surface area (Å²) in [7, 11) is 0. The van der Waals surface area contributed by atoms with Crippen LogP contribution >= 0.6 is 0 Å². The molecule has 16 heavy (non-hydrogen) atoms. The molecule has 0 heterocycles. The molecule has 0 fully saturated rings. The van der Waals surface area contributed by atoms with Crippen LogP contribution < -0.4 is 0 Å². The quantitative estimate of drug-likeness (QED) is 0.266. The molecule has 0 radical (unpaired) electrons. The Hall–Kier alpha value is -0.960. The number of hydrogen-bond acceptors (Lipinski definition) is 0. The molecule has 90 valence electrons. The van der Waals surface area contributed by atoms with Crippen molar-refractivity contribution in [2.75, 3.05) is 0 Å². The molecule has 0 amide bonds. The highest BCUT2D eigenvalue weighted by Gasteiger charge is 1.86. The summed E-state index contributed by atoms with van der Waals surface area (Å²) in [6.45, 7) is 7.43. The molecule has 0 heteroatoms. The Labute approximate surface area is 102 Å². The lowest BCUT2D eigenvalue weighted by Gasteiger charge is -1.94. The lowest BCUT2D eigenvalue weighted by atomic mass is 10.1.